The molecule has 1 N–H and O–H groups in total. The number of nitrogens with one attached hydrogen (secondary N) is 1. The molecule has 0 spiro atoms. The van der Waals surface area contributed by atoms with Crippen molar-refractivity contribution in [2.24, 2.45) is 0 Å². The lowest BCUT2D eigenvalue weighted by Gasteiger charge is -2.20. The fourth-order valence-electron chi connectivity index (χ4n) is 1.69. The SMILES string of the molecule is CC(C)(C)NCc1cccc(OCc2sccc2Br)c1. The lowest BCUT2D eigenvalue weighted by atomic mass is 10.1. The van der Waals surface area contributed by atoms with Gasteiger partial charge in [0.15, 0.2) is 0 Å². The van der Waals surface area contributed by atoms with Crippen LogP contribution in [0, 0.1) is 0 Å². The highest BCUT2D eigenvalue weighted by Gasteiger charge is 2.08. The second-order valence-electron chi connectivity index (χ2n) is 5.73. The van der Waals surface area contributed by atoms with Gasteiger partial charge in [-0.1, -0.05) is 12.1 Å². The van der Waals surface area contributed by atoms with Gasteiger partial charge in [-0.25, -0.2) is 0 Å². The quantitative estimate of drug-likeness (QED) is 0.818. The molecule has 0 unspecified atom stereocenters. The average Bonchev–Trinajstić information content (AvgIpc) is 2.79. The summed E-state index contributed by atoms with van der Waals surface area (Å²) in [5, 5.41) is 5.55. The van der Waals surface area contributed by atoms with Gasteiger partial charge in [0, 0.05) is 16.6 Å². The lowest BCUT2D eigenvalue weighted by molar-refractivity contribution is 0.308. The molecular weight excluding hydrogens is 334 g/mol. The summed E-state index contributed by atoms with van der Waals surface area (Å²) in [6.45, 7) is 7.96. The molecule has 0 aliphatic heterocycles. The topological polar surface area (TPSA) is 21.3 Å². The number of thiophene rings is 1. The van der Waals surface area contributed by atoms with Crippen molar-refractivity contribution in [2.45, 2.75) is 39.5 Å². The predicted molar refractivity (Wildman–Crippen MR) is 89.4 cm³/mol. The van der Waals surface area contributed by atoms with Gasteiger partial charge in [0.25, 0.3) is 0 Å². The van der Waals surface area contributed by atoms with Crippen LogP contribution < -0.4 is 10.1 Å². The summed E-state index contributed by atoms with van der Waals surface area (Å²) in [6.07, 6.45) is 0. The van der Waals surface area contributed by atoms with Gasteiger partial charge in [0.1, 0.15) is 12.4 Å². The molecule has 1 aromatic carbocycles. The van der Waals surface area contributed by atoms with Crippen molar-refractivity contribution in [1.29, 1.82) is 0 Å². The molecule has 0 fully saturated rings. The second kappa shape index (κ2) is 6.74. The fourth-order valence-corrected chi connectivity index (χ4v) is 3.07. The highest BCUT2D eigenvalue weighted by Crippen LogP contribution is 2.24. The zero-order valence-corrected chi connectivity index (χ0v) is 14.5. The van der Waals surface area contributed by atoms with Crippen LogP contribution in [0.1, 0.15) is 31.2 Å². The molecule has 0 aliphatic carbocycles. The lowest BCUT2D eigenvalue weighted by Crippen LogP contribution is -2.35. The third-order valence-electron chi connectivity index (χ3n) is 2.78. The first-order valence-electron chi connectivity index (χ1n) is 6.63. The summed E-state index contributed by atoms with van der Waals surface area (Å²) in [6, 6.07) is 10.3. The van der Waals surface area contributed by atoms with Crippen molar-refractivity contribution < 1.29 is 4.74 Å². The summed E-state index contributed by atoms with van der Waals surface area (Å²) in [4.78, 5) is 1.21. The molecule has 0 radical (unpaired) electrons. The minimum atomic E-state index is 0.124. The molecule has 20 heavy (non-hydrogen) atoms. The van der Waals surface area contributed by atoms with Gasteiger partial charge in [-0.15, -0.1) is 11.3 Å². The van der Waals surface area contributed by atoms with E-state index in [2.05, 4.69) is 59.5 Å². The number of hydrogen-bond donors (Lipinski definition) is 1. The Hall–Kier alpha value is -0.840. The monoisotopic (exact) mass is 353 g/mol. The number of rotatable bonds is 5. The van der Waals surface area contributed by atoms with Crippen LogP contribution in [0.25, 0.3) is 0 Å². The van der Waals surface area contributed by atoms with Crippen LogP contribution >= 0.6 is 27.3 Å². The fraction of sp³-hybridized carbons (Fsp3) is 0.375. The van der Waals surface area contributed by atoms with Crippen molar-refractivity contribution in [3.05, 3.63) is 50.6 Å². The molecule has 0 bridgehead atoms. The molecule has 0 saturated heterocycles. The van der Waals surface area contributed by atoms with E-state index in [9.17, 15) is 0 Å². The van der Waals surface area contributed by atoms with Crippen molar-refractivity contribution in [1.82, 2.24) is 5.32 Å². The Morgan fingerprint density at radius 1 is 1.25 bits per heavy atom. The number of benzene rings is 1. The van der Waals surface area contributed by atoms with Gasteiger partial charge in [-0.05, 0) is 65.8 Å². The minimum absolute atomic E-state index is 0.124. The second-order valence-corrected chi connectivity index (χ2v) is 7.59. The highest BCUT2D eigenvalue weighted by atomic mass is 79.9. The van der Waals surface area contributed by atoms with Crippen LogP contribution in [0.2, 0.25) is 0 Å². The Balaban J connectivity index is 1.94. The normalized spacial score (nSPS) is 11.6. The summed E-state index contributed by atoms with van der Waals surface area (Å²) < 4.78 is 6.98. The first kappa shape index (κ1) is 15.5. The molecule has 0 saturated carbocycles. The molecule has 2 rings (SSSR count). The Kier molecular flexibility index (Phi) is 5.24. The standard InChI is InChI=1S/C16H20BrNOS/c1-16(2,3)18-10-12-5-4-6-13(9-12)19-11-15-14(17)7-8-20-15/h4-9,18H,10-11H2,1-3H3. The maximum absolute atomic E-state index is 5.86. The Bertz CT molecular complexity index is 560. The summed E-state index contributed by atoms with van der Waals surface area (Å²) >= 11 is 5.22. The maximum Gasteiger partial charge on any atom is 0.124 e. The molecule has 0 amide bonds. The van der Waals surface area contributed by atoms with Gasteiger partial charge >= 0.3 is 0 Å². The molecule has 4 heteroatoms. The largest absolute Gasteiger partial charge is 0.488 e. The molecule has 108 valence electrons. The van der Waals surface area contributed by atoms with Crippen LogP contribution in [0.3, 0.4) is 0 Å². The van der Waals surface area contributed by atoms with Gasteiger partial charge in [0.05, 0.1) is 4.88 Å². The van der Waals surface area contributed by atoms with E-state index in [1.165, 1.54) is 10.4 Å². The van der Waals surface area contributed by atoms with Crippen molar-refractivity contribution in [2.75, 3.05) is 0 Å². The first-order chi connectivity index (χ1) is 9.44. The summed E-state index contributed by atoms with van der Waals surface area (Å²) in [7, 11) is 0. The third-order valence-corrected chi connectivity index (χ3v) is 4.68. The van der Waals surface area contributed by atoms with Crippen molar-refractivity contribution in [3.63, 3.8) is 0 Å². The minimum Gasteiger partial charge on any atom is -0.488 e. The Morgan fingerprint density at radius 3 is 2.70 bits per heavy atom. The van der Waals surface area contributed by atoms with Gasteiger partial charge in [0.2, 0.25) is 0 Å². The third kappa shape index (κ3) is 4.93. The van der Waals surface area contributed by atoms with E-state index in [4.69, 9.17) is 4.74 Å². The van der Waals surface area contributed by atoms with Crippen LogP contribution in [-0.2, 0) is 13.2 Å². The maximum atomic E-state index is 5.86. The van der Waals surface area contributed by atoms with E-state index in [0.29, 0.717) is 6.61 Å². The number of halogens is 1. The van der Waals surface area contributed by atoms with Gasteiger partial charge < -0.3 is 10.1 Å². The molecule has 0 atom stereocenters. The van der Waals surface area contributed by atoms with Gasteiger partial charge in [-0.3, -0.25) is 0 Å². The van der Waals surface area contributed by atoms with E-state index in [0.717, 1.165) is 16.8 Å². The van der Waals surface area contributed by atoms with E-state index >= 15 is 0 Å². The van der Waals surface area contributed by atoms with E-state index in [1.807, 2.05) is 18.2 Å². The van der Waals surface area contributed by atoms with Crippen LogP contribution in [0.4, 0.5) is 0 Å². The zero-order chi connectivity index (χ0) is 14.6. The molecule has 1 aromatic heterocycles. The molecule has 2 aromatic rings. The average molecular weight is 354 g/mol. The molecule has 2 nitrogen and oxygen atoms in total. The van der Waals surface area contributed by atoms with Crippen LogP contribution in [0.5, 0.6) is 5.75 Å². The predicted octanol–water partition coefficient (Wildman–Crippen LogP) is 4.98. The van der Waals surface area contributed by atoms with Crippen LogP contribution in [0.15, 0.2) is 40.2 Å². The zero-order valence-electron chi connectivity index (χ0n) is 12.1. The van der Waals surface area contributed by atoms with Crippen molar-refractivity contribution in [3.8, 4) is 5.75 Å². The molecule has 0 aliphatic rings. The van der Waals surface area contributed by atoms with Gasteiger partial charge in [-0.2, -0.15) is 0 Å². The molecular formula is C16H20BrNOS. The molecule has 1 heterocycles. The summed E-state index contributed by atoms with van der Waals surface area (Å²) in [5.74, 6) is 0.915. The Labute approximate surface area is 133 Å². The van der Waals surface area contributed by atoms with Crippen LogP contribution in [-0.4, -0.2) is 5.54 Å². The summed E-state index contributed by atoms with van der Waals surface area (Å²) in [5.41, 5.74) is 1.36. The smallest absolute Gasteiger partial charge is 0.124 e. The number of ether oxygens (including phenoxy) is 1. The van der Waals surface area contributed by atoms with E-state index in [1.54, 1.807) is 11.3 Å². The van der Waals surface area contributed by atoms with Crippen molar-refractivity contribution >= 4 is 27.3 Å². The van der Waals surface area contributed by atoms with E-state index < -0.39 is 0 Å². The number of hydrogen-bond acceptors (Lipinski definition) is 3. The first-order valence-corrected chi connectivity index (χ1v) is 8.30. The Morgan fingerprint density at radius 2 is 2.05 bits per heavy atom. The van der Waals surface area contributed by atoms with E-state index in [-0.39, 0.29) is 5.54 Å². The highest BCUT2D eigenvalue weighted by molar-refractivity contribution is 9.10.